The monoisotopic (exact) mass is 365 g/mol. The predicted octanol–water partition coefficient (Wildman–Crippen LogP) is 2.67. The number of aryl methyl sites for hydroxylation is 1. The van der Waals surface area contributed by atoms with Crippen molar-refractivity contribution in [3.8, 4) is 0 Å². The van der Waals surface area contributed by atoms with Gasteiger partial charge in [0.1, 0.15) is 0 Å². The van der Waals surface area contributed by atoms with E-state index in [9.17, 15) is 9.59 Å². The first-order valence-electron chi connectivity index (χ1n) is 9.08. The van der Waals surface area contributed by atoms with Crippen LogP contribution in [0, 0.1) is 0 Å². The molecule has 142 valence electrons. The number of carbonyl (C=O) groups is 2. The maximum Gasteiger partial charge on any atom is 0.250 e. The van der Waals surface area contributed by atoms with Gasteiger partial charge in [0.05, 0.1) is 6.04 Å². The highest BCUT2D eigenvalue weighted by molar-refractivity contribution is 6.01. The van der Waals surface area contributed by atoms with E-state index in [1.807, 2.05) is 60.7 Å². The molecule has 0 saturated carbocycles. The zero-order chi connectivity index (χ0) is 19.6. The number of likely N-dealkylation sites (N-methyl/N-ethyl adjacent to an activating group) is 1. The highest BCUT2D eigenvalue weighted by atomic mass is 16.2. The van der Waals surface area contributed by atoms with Gasteiger partial charge >= 0.3 is 0 Å². The molecule has 3 N–H and O–H groups in total. The summed E-state index contributed by atoms with van der Waals surface area (Å²) in [5.74, 6) is -0.387. The fourth-order valence-corrected chi connectivity index (χ4v) is 2.59. The second-order valence-electron chi connectivity index (χ2n) is 6.52. The van der Waals surface area contributed by atoms with Crippen LogP contribution in [0.4, 0.5) is 5.69 Å². The van der Waals surface area contributed by atoms with E-state index in [0.29, 0.717) is 6.42 Å². The Morgan fingerprint density at radius 3 is 2.26 bits per heavy atom. The van der Waals surface area contributed by atoms with Gasteiger partial charge in [-0.1, -0.05) is 54.6 Å². The standard InChI is InChI=1S/C22H27N3O2/c1-17(23)22(27)24-19(14-13-18-9-5-3-6-10-18)15-16-21(26)25(2)20-11-7-4-8-12-20/h3-12,15-17,19H,13-14,23H2,1-2H3,(H,24,27)/t17-,19-/m0/s1. The summed E-state index contributed by atoms with van der Waals surface area (Å²) in [6.45, 7) is 1.64. The molecular formula is C22H27N3O2. The number of amides is 2. The fraction of sp³-hybridized carbons (Fsp3) is 0.273. The van der Waals surface area contributed by atoms with Crippen LogP contribution in [-0.2, 0) is 16.0 Å². The molecule has 0 aliphatic heterocycles. The van der Waals surface area contributed by atoms with Gasteiger partial charge < -0.3 is 16.0 Å². The molecule has 0 spiro atoms. The number of hydrogen-bond acceptors (Lipinski definition) is 3. The molecule has 5 heteroatoms. The molecule has 0 saturated heterocycles. The Hall–Kier alpha value is -2.92. The molecule has 0 bridgehead atoms. The average Bonchev–Trinajstić information content (AvgIpc) is 2.70. The number of para-hydroxylation sites is 1. The van der Waals surface area contributed by atoms with Crippen molar-refractivity contribution in [1.82, 2.24) is 5.32 Å². The molecule has 2 aromatic rings. The second-order valence-corrected chi connectivity index (χ2v) is 6.52. The number of carbonyl (C=O) groups excluding carboxylic acids is 2. The summed E-state index contributed by atoms with van der Waals surface area (Å²) in [6, 6.07) is 18.6. The van der Waals surface area contributed by atoms with Crippen LogP contribution >= 0.6 is 0 Å². The minimum Gasteiger partial charge on any atom is -0.349 e. The number of nitrogens with two attached hydrogens (primary N) is 1. The number of anilines is 1. The molecule has 2 aromatic carbocycles. The Bertz CT molecular complexity index is 758. The van der Waals surface area contributed by atoms with Crippen molar-refractivity contribution in [1.29, 1.82) is 0 Å². The van der Waals surface area contributed by atoms with Crippen LogP contribution in [-0.4, -0.2) is 30.9 Å². The summed E-state index contributed by atoms with van der Waals surface area (Å²) in [7, 11) is 1.72. The lowest BCUT2D eigenvalue weighted by molar-refractivity contribution is -0.122. The lowest BCUT2D eigenvalue weighted by Crippen LogP contribution is -2.43. The molecule has 5 nitrogen and oxygen atoms in total. The number of benzene rings is 2. The van der Waals surface area contributed by atoms with Gasteiger partial charge in [-0.15, -0.1) is 0 Å². The first-order valence-corrected chi connectivity index (χ1v) is 9.08. The number of hydrogen-bond donors (Lipinski definition) is 2. The van der Waals surface area contributed by atoms with Gasteiger partial charge in [0, 0.05) is 24.9 Å². The molecule has 0 radical (unpaired) electrons. The minimum atomic E-state index is -0.597. The van der Waals surface area contributed by atoms with E-state index in [2.05, 4.69) is 5.32 Å². The molecule has 2 atom stereocenters. The van der Waals surface area contributed by atoms with E-state index in [-0.39, 0.29) is 17.9 Å². The predicted molar refractivity (Wildman–Crippen MR) is 109 cm³/mol. The third kappa shape index (κ3) is 6.72. The lowest BCUT2D eigenvalue weighted by atomic mass is 10.0. The third-order valence-corrected chi connectivity index (χ3v) is 4.27. The smallest absolute Gasteiger partial charge is 0.250 e. The van der Waals surface area contributed by atoms with Crippen molar-refractivity contribution in [3.63, 3.8) is 0 Å². The number of nitrogens with one attached hydrogen (secondary N) is 1. The zero-order valence-corrected chi connectivity index (χ0v) is 15.8. The van der Waals surface area contributed by atoms with Crippen molar-refractivity contribution in [3.05, 3.63) is 78.4 Å². The molecule has 0 aromatic heterocycles. The first kappa shape index (κ1) is 20.4. The maximum absolute atomic E-state index is 12.4. The fourth-order valence-electron chi connectivity index (χ4n) is 2.59. The van der Waals surface area contributed by atoms with E-state index in [1.54, 1.807) is 24.9 Å². The van der Waals surface area contributed by atoms with Crippen LogP contribution in [0.25, 0.3) is 0 Å². The molecule has 27 heavy (non-hydrogen) atoms. The van der Waals surface area contributed by atoms with Crippen LogP contribution in [0.15, 0.2) is 72.8 Å². The van der Waals surface area contributed by atoms with Gasteiger partial charge in [-0.05, 0) is 37.5 Å². The summed E-state index contributed by atoms with van der Waals surface area (Å²) in [5.41, 5.74) is 7.65. The first-order chi connectivity index (χ1) is 13.0. The second kappa shape index (κ2) is 10.3. The third-order valence-electron chi connectivity index (χ3n) is 4.27. The zero-order valence-electron chi connectivity index (χ0n) is 15.8. The quantitative estimate of drug-likeness (QED) is 0.706. The Balaban J connectivity index is 2.04. The molecule has 0 heterocycles. The van der Waals surface area contributed by atoms with Crippen LogP contribution < -0.4 is 16.0 Å². The van der Waals surface area contributed by atoms with Crippen LogP contribution in [0.3, 0.4) is 0 Å². The van der Waals surface area contributed by atoms with Crippen molar-refractivity contribution >= 4 is 17.5 Å². The van der Waals surface area contributed by atoms with Crippen molar-refractivity contribution in [2.75, 3.05) is 11.9 Å². The van der Waals surface area contributed by atoms with Gasteiger partial charge in [0.2, 0.25) is 11.8 Å². The van der Waals surface area contributed by atoms with Gasteiger partial charge in [-0.2, -0.15) is 0 Å². The Morgan fingerprint density at radius 1 is 1.07 bits per heavy atom. The van der Waals surface area contributed by atoms with Gasteiger partial charge in [0.25, 0.3) is 0 Å². The summed E-state index contributed by atoms with van der Waals surface area (Å²) in [5, 5.41) is 2.90. The summed E-state index contributed by atoms with van der Waals surface area (Å²) < 4.78 is 0. The van der Waals surface area contributed by atoms with Crippen molar-refractivity contribution in [2.24, 2.45) is 5.73 Å². The molecule has 2 rings (SSSR count). The van der Waals surface area contributed by atoms with E-state index < -0.39 is 6.04 Å². The Labute approximate surface area is 160 Å². The Morgan fingerprint density at radius 2 is 1.67 bits per heavy atom. The molecule has 0 aliphatic rings. The minimum absolute atomic E-state index is 0.152. The lowest BCUT2D eigenvalue weighted by Gasteiger charge is -2.18. The van der Waals surface area contributed by atoms with E-state index in [1.165, 1.54) is 11.6 Å². The van der Waals surface area contributed by atoms with E-state index in [0.717, 1.165) is 12.1 Å². The van der Waals surface area contributed by atoms with Gasteiger partial charge in [-0.25, -0.2) is 0 Å². The Kier molecular flexibility index (Phi) is 7.77. The summed E-state index contributed by atoms with van der Waals surface area (Å²) >= 11 is 0. The molecule has 0 unspecified atom stereocenters. The molecule has 2 amide bonds. The van der Waals surface area contributed by atoms with Crippen LogP contribution in [0.1, 0.15) is 18.9 Å². The average molecular weight is 365 g/mol. The summed E-state index contributed by atoms with van der Waals surface area (Å²) in [6.07, 6.45) is 4.72. The van der Waals surface area contributed by atoms with Crippen LogP contribution in [0.5, 0.6) is 0 Å². The molecule has 0 fully saturated rings. The van der Waals surface area contributed by atoms with E-state index in [4.69, 9.17) is 5.73 Å². The molecular weight excluding hydrogens is 338 g/mol. The summed E-state index contributed by atoms with van der Waals surface area (Å²) in [4.78, 5) is 26.0. The highest BCUT2D eigenvalue weighted by Crippen LogP contribution is 2.12. The topological polar surface area (TPSA) is 75.4 Å². The number of rotatable bonds is 8. The van der Waals surface area contributed by atoms with Crippen LogP contribution in [0.2, 0.25) is 0 Å². The molecule has 0 aliphatic carbocycles. The van der Waals surface area contributed by atoms with Crippen molar-refractivity contribution in [2.45, 2.75) is 31.8 Å². The SMILES string of the molecule is C[C@H](N)C(=O)N[C@H](C=CC(=O)N(C)c1ccccc1)CCc1ccccc1. The normalized spacial score (nSPS) is 13.1. The number of nitrogens with zero attached hydrogens (tertiary/aromatic N) is 1. The van der Waals surface area contributed by atoms with Gasteiger partial charge in [0.15, 0.2) is 0 Å². The highest BCUT2D eigenvalue weighted by Gasteiger charge is 2.14. The van der Waals surface area contributed by atoms with Gasteiger partial charge in [-0.3, -0.25) is 9.59 Å². The van der Waals surface area contributed by atoms with E-state index >= 15 is 0 Å². The van der Waals surface area contributed by atoms with Crippen molar-refractivity contribution < 1.29 is 9.59 Å². The maximum atomic E-state index is 12.4. The largest absolute Gasteiger partial charge is 0.349 e.